The van der Waals surface area contributed by atoms with E-state index in [9.17, 15) is 0 Å². The Balaban J connectivity index is 1.36. The molecule has 10 rings (SSSR count). The van der Waals surface area contributed by atoms with Gasteiger partial charge in [0.05, 0.1) is 0 Å². The molecule has 232 valence electrons. The van der Waals surface area contributed by atoms with Crippen LogP contribution in [0.4, 0.5) is 0 Å². The Morgan fingerprint density at radius 1 is 0.347 bits per heavy atom. The van der Waals surface area contributed by atoms with E-state index in [2.05, 4.69) is 173 Å². The van der Waals surface area contributed by atoms with E-state index in [4.69, 9.17) is 0 Å². The summed E-state index contributed by atoms with van der Waals surface area (Å²) in [6.07, 6.45) is 0. The molecule has 0 amide bonds. The van der Waals surface area contributed by atoms with Crippen LogP contribution < -0.4 is 0 Å². The lowest BCUT2D eigenvalue weighted by atomic mass is 9.79. The van der Waals surface area contributed by atoms with Crippen LogP contribution in [0.15, 0.2) is 146 Å². The van der Waals surface area contributed by atoms with Crippen LogP contribution in [0, 0.1) is 6.92 Å². The molecule has 49 heavy (non-hydrogen) atoms. The predicted octanol–water partition coefficient (Wildman–Crippen LogP) is 14.1. The number of fused-ring (bicyclic) bond motifs is 5. The van der Waals surface area contributed by atoms with Gasteiger partial charge in [0.25, 0.3) is 0 Å². The average Bonchev–Trinajstić information content (AvgIpc) is 3.12. The molecule has 0 heteroatoms. The lowest BCUT2D eigenvalue weighted by molar-refractivity contribution is 0.596. The van der Waals surface area contributed by atoms with E-state index in [0.717, 1.165) is 0 Å². The van der Waals surface area contributed by atoms with Crippen molar-refractivity contribution in [3.63, 3.8) is 0 Å². The first kappa shape index (κ1) is 28.3. The van der Waals surface area contributed by atoms with Crippen LogP contribution in [0.5, 0.6) is 0 Å². The first-order valence-electron chi connectivity index (χ1n) is 17.4. The van der Waals surface area contributed by atoms with Crippen LogP contribution in [0.3, 0.4) is 0 Å². The maximum atomic E-state index is 2.42. The molecule has 0 fully saturated rings. The predicted molar refractivity (Wildman–Crippen MR) is 214 cm³/mol. The van der Waals surface area contributed by atoms with Gasteiger partial charge in [-0.15, -0.1) is 0 Å². The summed E-state index contributed by atoms with van der Waals surface area (Å²) < 4.78 is 0. The molecule has 0 radical (unpaired) electrons. The molecule has 0 spiro atoms. The number of hydrogen-bond donors (Lipinski definition) is 0. The molecule has 0 unspecified atom stereocenters. The zero-order valence-corrected chi connectivity index (χ0v) is 28.4. The lowest BCUT2D eigenvalue weighted by Gasteiger charge is -2.24. The molecule has 10 aromatic carbocycles. The molecule has 0 bridgehead atoms. The highest BCUT2D eigenvalue weighted by Crippen LogP contribution is 2.49. The highest BCUT2D eigenvalue weighted by Gasteiger charge is 2.23. The third kappa shape index (κ3) is 4.04. The summed E-state index contributed by atoms with van der Waals surface area (Å²) in [5.41, 5.74) is 7.94. The van der Waals surface area contributed by atoms with Crippen LogP contribution in [0.2, 0.25) is 0 Å². The first-order valence-corrected chi connectivity index (χ1v) is 17.4. The first-order chi connectivity index (χ1) is 23.9. The minimum atomic E-state index is 0.0546. The summed E-state index contributed by atoms with van der Waals surface area (Å²) >= 11 is 0. The van der Waals surface area contributed by atoms with Gasteiger partial charge >= 0.3 is 0 Å². The molecule has 0 atom stereocenters. The van der Waals surface area contributed by atoms with E-state index in [1.54, 1.807) is 0 Å². The second-order valence-electron chi connectivity index (χ2n) is 14.9. The Hall–Kier alpha value is -5.72. The molecule has 0 aromatic heterocycles. The van der Waals surface area contributed by atoms with Gasteiger partial charge < -0.3 is 0 Å². The quantitative estimate of drug-likeness (QED) is 0.133. The average molecular weight is 625 g/mol. The van der Waals surface area contributed by atoms with Crippen LogP contribution in [-0.2, 0) is 5.41 Å². The largest absolute Gasteiger partial charge is 0.0616 e. The summed E-state index contributed by atoms with van der Waals surface area (Å²) in [7, 11) is 0. The molecule has 0 heterocycles. The molecule has 0 aliphatic carbocycles. The molecular formula is C49H36. The maximum Gasteiger partial charge on any atom is -0.00199 e. The van der Waals surface area contributed by atoms with Gasteiger partial charge in [-0.1, -0.05) is 166 Å². The summed E-state index contributed by atoms with van der Waals surface area (Å²) in [5, 5.41) is 18.4. The van der Waals surface area contributed by atoms with Crippen molar-refractivity contribution < 1.29 is 0 Å². The van der Waals surface area contributed by atoms with E-state index in [1.165, 1.54) is 109 Å². The summed E-state index contributed by atoms with van der Waals surface area (Å²) in [6.45, 7) is 9.17. The Morgan fingerprint density at radius 3 is 1.51 bits per heavy atom. The Labute approximate surface area is 286 Å². The van der Waals surface area contributed by atoms with Crippen molar-refractivity contribution in [2.45, 2.75) is 33.1 Å². The van der Waals surface area contributed by atoms with Crippen LogP contribution >= 0.6 is 0 Å². The highest BCUT2D eigenvalue weighted by molar-refractivity contribution is 6.31. The van der Waals surface area contributed by atoms with Crippen molar-refractivity contribution in [2.24, 2.45) is 0 Å². The van der Waals surface area contributed by atoms with E-state index >= 15 is 0 Å². The third-order valence-electron chi connectivity index (χ3n) is 11.0. The van der Waals surface area contributed by atoms with Crippen LogP contribution in [0.1, 0.15) is 31.9 Å². The molecule has 0 N–H and O–H groups in total. The molecular weight excluding hydrogens is 589 g/mol. The van der Waals surface area contributed by atoms with Crippen molar-refractivity contribution in [2.75, 3.05) is 0 Å². The van der Waals surface area contributed by atoms with Gasteiger partial charge in [0.15, 0.2) is 0 Å². The van der Waals surface area contributed by atoms with Gasteiger partial charge in [-0.3, -0.25) is 0 Å². The number of hydrogen-bond acceptors (Lipinski definition) is 0. The van der Waals surface area contributed by atoms with Crippen LogP contribution in [0.25, 0.3) is 97.7 Å². The Kier molecular flexibility index (Phi) is 5.86. The molecule has 0 saturated heterocycles. The van der Waals surface area contributed by atoms with E-state index in [-0.39, 0.29) is 5.41 Å². The smallest absolute Gasteiger partial charge is 0.00199 e. The normalized spacial score (nSPS) is 12.5. The van der Waals surface area contributed by atoms with Crippen LogP contribution in [-0.4, -0.2) is 0 Å². The van der Waals surface area contributed by atoms with Crippen molar-refractivity contribution >= 4 is 75.4 Å². The summed E-state index contributed by atoms with van der Waals surface area (Å²) in [4.78, 5) is 0. The van der Waals surface area contributed by atoms with E-state index < -0.39 is 0 Å². The summed E-state index contributed by atoms with van der Waals surface area (Å²) in [6, 6.07) is 55.1. The number of benzene rings is 10. The van der Waals surface area contributed by atoms with Crippen molar-refractivity contribution in [3.05, 3.63) is 157 Å². The molecule has 0 saturated carbocycles. The Bertz CT molecular complexity index is 2910. The van der Waals surface area contributed by atoms with Crippen molar-refractivity contribution in [1.29, 1.82) is 0 Å². The molecule has 0 aliphatic heterocycles. The third-order valence-corrected chi connectivity index (χ3v) is 11.0. The highest BCUT2D eigenvalue weighted by atomic mass is 14.3. The summed E-state index contributed by atoms with van der Waals surface area (Å²) in [5.74, 6) is 0. The van der Waals surface area contributed by atoms with Gasteiger partial charge in [0, 0.05) is 0 Å². The second-order valence-corrected chi connectivity index (χ2v) is 14.9. The Morgan fingerprint density at radius 2 is 0.857 bits per heavy atom. The topological polar surface area (TPSA) is 0 Å². The fourth-order valence-corrected chi connectivity index (χ4v) is 8.81. The van der Waals surface area contributed by atoms with Gasteiger partial charge in [0.2, 0.25) is 0 Å². The fourth-order valence-electron chi connectivity index (χ4n) is 8.81. The number of rotatable bonds is 2. The zero-order valence-electron chi connectivity index (χ0n) is 28.4. The van der Waals surface area contributed by atoms with Crippen molar-refractivity contribution in [3.8, 4) is 22.3 Å². The van der Waals surface area contributed by atoms with Crippen molar-refractivity contribution in [1.82, 2.24) is 0 Å². The SMILES string of the molecule is Cc1ccc2c(-c3c4ccccc4c(-c4ccc5ccc6c(C(C)(C)C)ccc7ccc4c5c76)c4ccccc34)cc3ccccc3c2c1. The molecule has 0 nitrogen and oxygen atoms in total. The van der Waals surface area contributed by atoms with Gasteiger partial charge in [-0.05, 0) is 122 Å². The fraction of sp³-hybridized carbons (Fsp3) is 0.102. The lowest BCUT2D eigenvalue weighted by Crippen LogP contribution is -2.11. The minimum absolute atomic E-state index is 0.0546. The monoisotopic (exact) mass is 624 g/mol. The molecule has 10 aromatic rings. The minimum Gasteiger partial charge on any atom is -0.0616 e. The molecule has 0 aliphatic rings. The number of aryl methyl sites for hydroxylation is 1. The van der Waals surface area contributed by atoms with Gasteiger partial charge in [-0.2, -0.15) is 0 Å². The van der Waals surface area contributed by atoms with Gasteiger partial charge in [0.1, 0.15) is 0 Å². The van der Waals surface area contributed by atoms with E-state index in [1.807, 2.05) is 0 Å². The van der Waals surface area contributed by atoms with Gasteiger partial charge in [-0.25, -0.2) is 0 Å². The second kappa shape index (κ2) is 10.1. The maximum absolute atomic E-state index is 2.42. The zero-order chi connectivity index (χ0) is 33.0. The standard InChI is InChI=1S/C49H36/c1-29-17-22-34-42(27-29)33-12-6-5-11-32(33)28-43(34)48-37-15-9-7-13-35(37)47(36-14-8-10-16-38(36)48)40-24-19-30-20-25-41-44(49(2,3)4)26-21-31-18-23-39(40)45(30)46(31)41/h5-28H,1-4H3. The van der Waals surface area contributed by atoms with E-state index in [0.29, 0.717) is 0 Å².